The Morgan fingerprint density at radius 3 is 2.50 bits per heavy atom. The van der Waals surface area contributed by atoms with Gasteiger partial charge < -0.3 is 25.6 Å². The summed E-state index contributed by atoms with van der Waals surface area (Å²) in [5, 5.41) is 23.5. The number of anilines is 1. The molecule has 4 N–H and O–H groups in total. The third kappa shape index (κ3) is 4.06. The van der Waals surface area contributed by atoms with Gasteiger partial charge in [-0.1, -0.05) is 6.07 Å². The highest BCUT2D eigenvalue weighted by molar-refractivity contribution is 5.79. The first-order chi connectivity index (χ1) is 18.5. The molecule has 0 aliphatic carbocycles. The molecule has 196 valence electrons. The summed E-state index contributed by atoms with van der Waals surface area (Å²) < 4.78 is 6.94. The van der Waals surface area contributed by atoms with E-state index >= 15 is 0 Å². The van der Waals surface area contributed by atoms with Gasteiger partial charge in [-0.15, -0.1) is 0 Å². The fourth-order valence-electron chi connectivity index (χ4n) is 6.11. The lowest BCUT2D eigenvalue weighted by Gasteiger charge is -2.38. The first kappa shape index (κ1) is 24.3. The van der Waals surface area contributed by atoms with E-state index in [1.54, 1.807) is 24.0 Å². The lowest BCUT2D eigenvalue weighted by Crippen LogP contribution is -2.47. The number of ether oxygens (including phenoxy) is 1. The Balaban J connectivity index is 1.30. The number of pyridine rings is 1. The minimum atomic E-state index is -0.443. The fraction of sp³-hybridized carbons (Fsp3) is 0.357. The number of aliphatic hydroxyl groups is 2. The summed E-state index contributed by atoms with van der Waals surface area (Å²) in [5.41, 5.74) is 12.0. The molecule has 5 heterocycles. The van der Waals surface area contributed by atoms with E-state index in [1.807, 2.05) is 41.3 Å². The molecule has 3 aromatic heterocycles. The Bertz CT molecular complexity index is 1490. The van der Waals surface area contributed by atoms with Crippen LogP contribution in [0.5, 0.6) is 5.75 Å². The molecule has 38 heavy (non-hydrogen) atoms. The molecule has 2 saturated heterocycles. The Hall–Kier alpha value is -4.02. The van der Waals surface area contributed by atoms with Crippen LogP contribution < -0.4 is 10.5 Å². The SMILES string of the molecule is COc1ccc(-c2ccc(-c3cnn4c(N)cc([C@@H]5C[C@H]6CC[C@@H](C5)N6C(=O)CO)nc34)cn2)cc1CO. The number of amides is 1. The number of nitrogens with two attached hydrogens (primary N) is 1. The van der Waals surface area contributed by atoms with Gasteiger partial charge in [-0.3, -0.25) is 9.78 Å². The zero-order valence-electron chi connectivity index (χ0n) is 21.1. The molecule has 4 aromatic rings. The third-order valence-electron chi connectivity index (χ3n) is 7.91. The number of nitrogens with zero attached hydrogens (tertiary/aromatic N) is 5. The van der Waals surface area contributed by atoms with E-state index in [0.717, 1.165) is 53.8 Å². The summed E-state index contributed by atoms with van der Waals surface area (Å²) in [4.78, 5) is 23.8. The third-order valence-corrected chi connectivity index (χ3v) is 7.91. The highest BCUT2D eigenvalue weighted by atomic mass is 16.5. The van der Waals surface area contributed by atoms with Crippen molar-refractivity contribution in [2.24, 2.45) is 0 Å². The van der Waals surface area contributed by atoms with Crippen LogP contribution in [0.25, 0.3) is 28.0 Å². The quantitative estimate of drug-likeness (QED) is 0.357. The summed E-state index contributed by atoms with van der Waals surface area (Å²) in [6.45, 7) is -0.562. The maximum atomic E-state index is 12.2. The molecule has 3 atom stereocenters. The average Bonchev–Trinajstić information content (AvgIpc) is 3.50. The Morgan fingerprint density at radius 2 is 1.84 bits per heavy atom. The number of carbonyl (C=O) groups excluding carboxylic acids is 1. The van der Waals surface area contributed by atoms with Crippen molar-refractivity contribution in [3.63, 3.8) is 0 Å². The first-order valence-electron chi connectivity index (χ1n) is 12.8. The van der Waals surface area contributed by atoms with Gasteiger partial charge in [0.15, 0.2) is 5.65 Å². The second-order valence-electron chi connectivity index (χ2n) is 10.0. The van der Waals surface area contributed by atoms with Crippen molar-refractivity contribution >= 4 is 17.4 Å². The molecule has 2 fully saturated rings. The van der Waals surface area contributed by atoms with Crippen molar-refractivity contribution in [3.05, 3.63) is 60.0 Å². The number of methoxy groups -OCH3 is 1. The summed E-state index contributed by atoms with van der Waals surface area (Å²) in [6, 6.07) is 11.7. The van der Waals surface area contributed by atoms with E-state index in [4.69, 9.17) is 15.5 Å². The van der Waals surface area contributed by atoms with Crippen LogP contribution in [0.15, 0.2) is 48.8 Å². The molecule has 2 aliphatic heterocycles. The van der Waals surface area contributed by atoms with Crippen molar-refractivity contribution in [3.8, 4) is 28.1 Å². The van der Waals surface area contributed by atoms with Gasteiger partial charge in [0.25, 0.3) is 0 Å². The summed E-state index contributed by atoms with van der Waals surface area (Å²) in [6.07, 6.45) is 7.06. The molecule has 1 aromatic carbocycles. The molecule has 10 nitrogen and oxygen atoms in total. The summed E-state index contributed by atoms with van der Waals surface area (Å²) >= 11 is 0. The van der Waals surface area contributed by atoms with Gasteiger partial charge in [0.05, 0.1) is 25.6 Å². The highest BCUT2D eigenvalue weighted by Crippen LogP contribution is 2.43. The lowest BCUT2D eigenvalue weighted by molar-refractivity contribution is -0.138. The van der Waals surface area contributed by atoms with Gasteiger partial charge in [0, 0.05) is 58.2 Å². The number of hydrogen-bond acceptors (Lipinski definition) is 8. The van der Waals surface area contributed by atoms with E-state index in [9.17, 15) is 15.0 Å². The zero-order chi connectivity index (χ0) is 26.4. The molecule has 0 saturated carbocycles. The van der Waals surface area contributed by atoms with Gasteiger partial charge in [-0.2, -0.15) is 9.61 Å². The van der Waals surface area contributed by atoms with Crippen molar-refractivity contribution in [2.75, 3.05) is 19.5 Å². The summed E-state index contributed by atoms with van der Waals surface area (Å²) in [7, 11) is 1.58. The predicted octanol–water partition coefficient (Wildman–Crippen LogP) is 2.77. The molecule has 1 amide bonds. The largest absolute Gasteiger partial charge is 0.496 e. The molecule has 2 bridgehead atoms. The topological polar surface area (TPSA) is 139 Å². The Kier molecular flexibility index (Phi) is 6.21. The van der Waals surface area contributed by atoms with E-state index < -0.39 is 6.61 Å². The minimum absolute atomic E-state index is 0.120. The number of aromatic nitrogens is 4. The smallest absolute Gasteiger partial charge is 0.248 e. The lowest BCUT2D eigenvalue weighted by atomic mass is 9.87. The van der Waals surface area contributed by atoms with Gasteiger partial charge in [-0.05, 0) is 49.9 Å². The predicted molar refractivity (Wildman–Crippen MR) is 141 cm³/mol. The van der Waals surface area contributed by atoms with Crippen LogP contribution in [0, 0.1) is 0 Å². The van der Waals surface area contributed by atoms with Crippen LogP contribution in [-0.4, -0.2) is 66.4 Å². The number of benzene rings is 1. The second-order valence-corrected chi connectivity index (χ2v) is 10.0. The number of piperidine rings is 1. The maximum absolute atomic E-state index is 12.2. The van der Waals surface area contributed by atoms with Crippen LogP contribution in [0.3, 0.4) is 0 Å². The fourth-order valence-corrected chi connectivity index (χ4v) is 6.11. The molecule has 6 rings (SSSR count). The van der Waals surface area contributed by atoms with Crippen molar-refractivity contribution in [1.82, 2.24) is 24.5 Å². The zero-order valence-corrected chi connectivity index (χ0v) is 21.1. The number of rotatable bonds is 6. The highest BCUT2D eigenvalue weighted by Gasteiger charge is 2.43. The number of fused-ring (bicyclic) bond motifs is 3. The first-order valence-corrected chi connectivity index (χ1v) is 12.8. The number of nitrogen functional groups attached to an aromatic ring is 1. The molecular formula is C28H30N6O4. The Morgan fingerprint density at radius 1 is 1.08 bits per heavy atom. The molecule has 0 spiro atoms. The van der Waals surface area contributed by atoms with Crippen molar-refractivity contribution < 1.29 is 19.7 Å². The normalized spacial score (nSPS) is 20.7. The monoisotopic (exact) mass is 514 g/mol. The summed E-state index contributed by atoms with van der Waals surface area (Å²) in [5.74, 6) is 1.14. The average molecular weight is 515 g/mol. The van der Waals surface area contributed by atoms with Crippen LogP contribution in [0.2, 0.25) is 0 Å². The van der Waals surface area contributed by atoms with Crippen LogP contribution >= 0.6 is 0 Å². The maximum Gasteiger partial charge on any atom is 0.248 e. The second kappa shape index (κ2) is 9.70. The number of aliphatic hydroxyl groups excluding tert-OH is 2. The standard InChI is InChI=1S/C28H30N6O4/c1-38-25-7-3-16(8-19(25)14-35)23-6-2-17(12-30-23)22-13-31-34-26(29)11-24(32-28(22)34)18-9-20-4-5-21(10-18)33(20)27(37)15-36/h2-3,6-8,11-13,18,20-21,35-36H,4-5,9-10,14-15,29H2,1H3/t18-,20-,21+. The Labute approximate surface area is 219 Å². The van der Waals surface area contributed by atoms with Gasteiger partial charge in [0.1, 0.15) is 18.2 Å². The molecule has 0 unspecified atom stereocenters. The van der Waals surface area contributed by atoms with Gasteiger partial charge in [-0.25, -0.2) is 4.98 Å². The van der Waals surface area contributed by atoms with E-state index in [1.165, 1.54) is 0 Å². The molecular weight excluding hydrogens is 484 g/mol. The molecule has 10 heteroatoms. The van der Waals surface area contributed by atoms with Crippen molar-refractivity contribution in [2.45, 2.75) is 50.3 Å². The van der Waals surface area contributed by atoms with E-state index in [0.29, 0.717) is 22.8 Å². The van der Waals surface area contributed by atoms with Gasteiger partial charge in [0.2, 0.25) is 5.91 Å². The number of carbonyl (C=O) groups is 1. The van der Waals surface area contributed by atoms with Gasteiger partial charge >= 0.3 is 0 Å². The van der Waals surface area contributed by atoms with Crippen LogP contribution in [0.4, 0.5) is 5.82 Å². The molecule has 2 aliphatic rings. The van der Waals surface area contributed by atoms with E-state index in [2.05, 4.69) is 10.1 Å². The van der Waals surface area contributed by atoms with Crippen molar-refractivity contribution in [1.29, 1.82) is 0 Å². The molecule has 0 radical (unpaired) electrons. The number of hydrogen-bond donors (Lipinski definition) is 3. The minimum Gasteiger partial charge on any atom is -0.496 e. The van der Waals surface area contributed by atoms with Crippen LogP contribution in [0.1, 0.15) is 42.9 Å². The van der Waals surface area contributed by atoms with Crippen LogP contribution in [-0.2, 0) is 11.4 Å². The van der Waals surface area contributed by atoms with E-state index in [-0.39, 0.29) is 30.5 Å².